The van der Waals surface area contributed by atoms with Gasteiger partial charge in [0.2, 0.25) is 5.54 Å². The molecule has 1 atom stereocenters. The Kier molecular flexibility index (Phi) is 10.0. The fourth-order valence-corrected chi connectivity index (χ4v) is 5.71. The van der Waals surface area contributed by atoms with E-state index in [1.807, 2.05) is 41.0 Å². The molecule has 1 unspecified atom stereocenters. The molecule has 1 amide bonds. The highest BCUT2D eigenvalue weighted by molar-refractivity contribution is 6.10. The Labute approximate surface area is 251 Å². The number of nitrogens with zero attached hydrogens (tertiary/aromatic N) is 3. The molecule has 0 radical (unpaired) electrons. The molecule has 1 aromatic heterocycles. The summed E-state index contributed by atoms with van der Waals surface area (Å²) in [4.78, 5) is 59.1. The molecule has 10 nitrogen and oxygen atoms in total. The van der Waals surface area contributed by atoms with Crippen molar-refractivity contribution in [3.8, 4) is 11.1 Å². The number of carbonyl (C=O) groups excluding carboxylic acids is 4. The van der Waals surface area contributed by atoms with Crippen molar-refractivity contribution in [3.63, 3.8) is 0 Å². The molecule has 2 aromatic carbocycles. The van der Waals surface area contributed by atoms with Crippen LogP contribution in [0.5, 0.6) is 0 Å². The standard InChI is InChI=1S/C33H39N3O7/c1-6-9-14-28-34-27-19-20-36(32(40)43-8-3)33(22(4)37,31(39)42-7-2)29(27)35(28)21-23-15-17-24(18-16-23)25-12-10-11-13-26(25)30(38)41-5/h10-13,15-18H,6-9,14,19-21H2,1-5H3. The lowest BCUT2D eigenvalue weighted by atomic mass is 9.83. The lowest BCUT2D eigenvalue weighted by molar-refractivity contribution is -0.163. The van der Waals surface area contributed by atoms with Crippen molar-refractivity contribution < 1.29 is 33.4 Å². The van der Waals surface area contributed by atoms with Gasteiger partial charge >= 0.3 is 18.0 Å². The van der Waals surface area contributed by atoms with Crippen LogP contribution in [0.4, 0.5) is 4.79 Å². The molecule has 0 N–H and O–H groups in total. The molecule has 43 heavy (non-hydrogen) atoms. The predicted octanol–water partition coefficient (Wildman–Crippen LogP) is 5.09. The molecule has 0 aliphatic carbocycles. The van der Waals surface area contributed by atoms with Crippen LogP contribution in [-0.4, -0.2) is 65.1 Å². The molecule has 3 aromatic rings. The van der Waals surface area contributed by atoms with Crippen molar-refractivity contribution >= 4 is 23.8 Å². The van der Waals surface area contributed by atoms with Gasteiger partial charge in [-0.15, -0.1) is 0 Å². The molecule has 0 saturated heterocycles. The smallest absolute Gasteiger partial charge is 0.411 e. The van der Waals surface area contributed by atoms with Gasteiger partial charge in [-0.2, -0.15) is 0 Å². The molecular formula is C33H39N3O7. The number of unbranched alkanes of at least 4 members (excludes halogenated alkanes) is 1. The predicted molar refractivity (Wildman–Crippen MR) is 160 cm³/mol. The molecule has 0 spiro atoms. The van der Waals surface area contributed by atoms with Gasteiger partial charge in [0.05, 0.1) is 37.3 Å². The Bertz CT molecular complexity index is 1490. The van der Waals surface area contributed by atoms with Crippen LogP contribution in [0, 0.1) is 0 Å². The van der Waals surface area contributed by atoms with Crippen molar-refractivity contribution in [2.24, 2.45) is 0 Å². The number of ketones is 1. The fourth-order valence-electron chi connectivity index (χ4n) is 5.71. The Morgan fingerprint density at radius 2 is 1.65 bits per heavy atom. The van der Waals surface area contributed by atoms with Crippen LogP contribution < -0.4 is 0 Å². The van der Waals surface area contributed by atoms with E-state index in [0.29, 0.717) is 36.3 Å². The van der Waals surface area contributed by atoms with Crippen LogP contribution in [0.15, 0.2) is 48.5 Å². The quantitative estimate of drug-likeness (QED) is 0.173. The van der Waals surface area contributed by atoms with Gasteiger partial charge in [-0.1, -0.05) is 55.8 Å². The zero-order valence-corrected chi connectivity index (χ0v) is 25.5. The van der Waals surface area contributed by atoms with Gasteiger partial charge in [0.1, 0.15) is 5.82 Å². The Hall–Kier alpha value is -4.47. The molecule has 0 bridgehead atoms. The Balaban J connectivity index is 1.86. The molecule has 0 saturated carbocycles. The minimum atomic E-state index is -2.04. The van der Waals surface area contributed by atoms with Gasteiger partial charge < -0.3 is 18.8 Å². The highest BCUT2D eigenvalue weighted by atomic mass is 16.6. The third-order valence-corrected chi connectivity index (χ3v) is 7.70. The normalized spacial score (nSPS) is 15.9. The first-order valence-corrected chi connectivity index (χ1v) is 14.7. The minimum absolute atomic E-state index is 0.0329. The zero-order valence-electron chi connectivity index (χ0n) is 25.5. The largest absolute Gasteiger partial charge is 0.465 e. The summed E-state index contributed by atoms with van der Waals surface area (Å²) in [6.07, 6.45) is 2.01. The van der Waals surface area contributed by atoms with E-state index >= 15 is 0 Å². The zero-order chi connectivity index (χ0) is 31.1. The number of fused-ring (bicyclic) bond motifs is 1. The van der Waals surface area contributed by atoms with Crippen molar-refractivity contribution in [2.45, 2.75) is 65.5 Å². The molecular weight excluding hydrogens is 550 g/mol. The third-order valence-electron chi connectivity index (χ3n) is 7.70. The van der Waals surface area contributed by atoms with Crippen LogP contribution >= 0.6 is 0 Å². The van der Waals surface area contributed by atoms with E-state index in [4.69, 9.17) is 19.2 Å². The summed E-state index contributed by atoms with van der Waals surface area (Å²) >= 11 is 0. The van der Waals surface area contributed by atoms with Crippen LogP contribution in [0.1, 0.15) is 73.7 Å². The van der Waals surface area contributed by atoms with Crippen molar-refractivity contribution in [1.82, 2.24) is 14.5 Å². The molecule has 10 heteroatoms. The van der Waals surface area contributed by atoms with Crippen molar-refractivity contribution in [1.29, 1.82) is 0 Å². The fraction of sp³-hybridized carbons (Fsp3) is 0.424. The average molecular weight is 590 g/mol. The number of Topliss-reactive ketones (excluding diaryl/α,β-unsaturated/α-hetero) is 1. The average Bonchev–Trinajstić information content (AvgIpc) is 3.36. The molecule has 1 aliphatic heterocycles. The van der Waals surface area contributed by atoms with E-state index in [2.05, 4.69) is 6.92 Å². The molecule has 4 rings (SSSR count). The van der Waals surface area contributed by atoms with Crippen LogP contribution in [0.3, 0.4) is 0 Å². The van der Waals surface area contributed by atoms with Crippen molar-refractivity contribution in [2.75, 3.05) is 26.9 Å². The summed E-state index contributed by atoms with van der Waals surface area (Å²) < 4.78 is 17.6. The van der Waals surface area contributed by atoms with Gasteiger partial charge in [0, 0.05) is 25.9 Å². The van der Waals surface area contributed by atoms with E-state index in [0.717, 1.165) is 35.4 Å². The SMILES string of the molecule is CCCCc1nc2c(n1Cc1ccc(-c3ccccc3C(=O)OC)cc1)C(C(C)=O)(C(=O)OCC)N(C(=O)OCC)CC2. The number of aromatic nitrogens is 2. The third kappa shape index (κ3) is 5.91. The number of aryl methyl sites for hydroxylation is 1. The van der Waals surface area contributed by atoms with Crippen LogP contribution in [-0.2, 0) is 48.7 Å². The van der Waals surface area contributed by atoms with E-state index < -0.39 is 29.4 Å². The summed E-state index contributed by atoms with van der Waals surface area (Å²) in [7, 11) is 1.35. The first kappa shape index (κ1) is 31.5. The first-order chi connectivity index (χ1) is 20.7. The second kappa shape index (κ2) is 13.7. The Morgan fingerprint density at radius 3 is 2.28 bits per heavy atom. The number of benzene rings is 2. The van der Waals surface area contributed by atoms with Gasteiger partial charge in [-0.3, -0.25) is 9.69 Å². The summed E-state index contributed by atoms with van der Waals surface area (Å²) in [5.41, 5.74) is 1.83. The lowest BCUT2D eigenvalue weighted by Gasteiger charge is -2.42. The molecule has 2 heterocycles. The van der Waals surface area contributed by atoms with Crippen LogP contribution in [0.25, 0.3) is 11.1 Å². The monoisotopic (exact) mass is 589 g/mol. The number of rotatable bonds is 11. The maximum atomic E-state index is 13.8. The topological polar surface area (TPSA) is 117 Å². The highest BCUT2D eigenvalue weighted by Crippen LogP contribution is 2.40. The summed E-state index contributed by atoms with van der Waals surface area (Å²) in [6, 6.07) is 14.9. The molecule has 228 valence electrons. The number of carbonyl (C=O) groups is 4. The summed E-state index contributed by atoms with van der Waals surface area (Å²) in [6.45, 7) is 7.22. The summed E-state index contributed by atoms with van der Waals surface area (Å²) in [5, 5.41) is 0. The number of hydrogen-bond donors (Lipinski definition) is 0. The van der Waals surface area contributed by atoms with Crippen molar-refractivity contribution in [3.05, 3.63) is 76.9 Å². The lowest BCUT2D eigenvalue weighted by Crippen LogP contribution is -2.63. The Morgan fingerprint density at radius 1 is 0.953 bits per heavy atom. The van der Waals surface area contributed by atoms with E-state index in [9.17, 15) is 19.2 Å². The number of hydrogen-bond acceptors (Lipinski definition) is 8. The number of ether oxygens (including phenoxy) is 3. The van der Waals surface area contributed by atoms with Crippen LogP contribution in [0.2, 0.25) is 0 Å². The number of methoxy groups -OCH3 is 1. The van der Waals surface area contributed by atoms with Gasteiger partial charge in [0.15, 0.2) is 5.78 Å². The maximum Gasteiger partial charge on any atom is 0.411 e. The second-order valence-corrected chi connectivity index (χ2v) is 10.3. The molecule has 0 fully saturated rings. The number of imidazole rings is 1. The maximum absolute atomic E-state index is 13.8. The second-order valence-electron chi connectivity index (χ2n) is 10.3. The summed E-state index contributed by atoms with van der Waals surface area (Å²) in [5.74, 6) is -1.06. The van der Waals surface area contributed by atoms with Gasteiger partial charge in [0.25, 0.3) is 0 Å². The minimum Gasteiger partial charge on any atom is -0.465 e. The number of esters is 2. The van der Waals surface area contributed by atoms with E-state index in [1.165, 1.54) is 18.9 Å². The highest BCUT2D eigenvalue weighted by Gasteiger charge is 2.59. The van der Waals surface area contributed by atoms with Gasteiger partial charge in [-0.25, -0.2) is 19.4 Å². The van der Waals surface area contributed by atoms with E-state index in [1.54, 1.807) is 26.0 Å². The van der Waals surface area contributed by atoms with E-state index in [-0.39, 0.29) is 19.8 Å². The first-order valence-electron chi connectivity index (χ1n) is 14.7. The molecule has 1 aliphatic rings. The number of amides is 1. The van der Waals surface area contributed by atoms with Gasteiger partial charge in [-0.05, 0) is 49.9 Å².